The Hall–Kier alpha value is -4.13. The number of halogens is 1. The predicted molar refractivity (Wildman–Crippen MR) is 118 cm³/mol. The van der Waals surface area contributed by atoms with E-state index in [2.05, 4.69) is 10.6 Å². The lowest BCUT2D eigenvalue weighted by molar-refractivity contribution is -0.111. The molecular formula is C24H21FN2O4. The predicted octanol–water partition coefficient (Wildman–Crippen LogP) is 4.75. The molecule has 0 heterocycles. The molecule has 158 valence electrons. The van der Waals surface area contributed by atoms with Gasteiger partial charge >= 0.3 is 0 Å². The third kappa shape index (κ3) is 5.93. The van der Waals surface area contributed by atoms with Gasteiger partial charge in [0.2, 0.25) is 5.91 Å². The minimum atomic E-state index is -0.406. The highest BCUT2D eigenvalue weighted by atomic mass is 19.1. The van der Waals surface area contributed by atoms with Crippen LogP contribution in [0.4, 0.5) is 15.8 Å². The largest absolute Gasteiger partial charge is 0.493 e. The molecule has 0 bridgehead atoms. The van der Waals surface area contributed by atoms with Crippen molar-refractivity contribution in [3.63, 3.8) is 0 Å². The molecule has 3 aromatic carbocycles. The van der Waals surface area contributed by atoms with Crippen molar-refractivity contribution in [3.8, 4) is 11.5 Å². The second-order valence-corrected chi connectivity index (χ2v) is 6.48. The van der Waals surface area contributed by atoms with Crippen LogP contribution >= 0.6 is 0 Å². The summed E-state index contributed by atoms with van der Waals surface area (Å²) in [6, 6.07) is 17.3. The van der Waals surface area contributed by atoms with Crippen molar-refractivity contribution in [2.45, 2.75) is 0 Å². The van der Waals surface area contributed by atoms with E-state index < -0.39 is 5.82 Å². The molecule has 0 atom stereocenters. The van der Waals surface area contributed by atoms with E-state index in [1.54, 1.807) is 56.7 Å². The fraction of sp³-hybridized carbons (Fsp3) is 0.0833. The van der Waals surface area contributed by atoms with E-state index in [0.717, 1.165) is 5.56 Å². The Labute approximate surface area is 179 Å². The average Bonchev–Trinajstić information content (AvgIpc) is 2.79. The zero-order valence-corrected chi connectivity index (χ0v) is 17.0. The summed E-state index contributed by atoms with van der Waals surface area (Å²) in [5.74, 6) is 0.114. The number of anilines is 2. The quantitative estimate of drug-likeness (QED) is 0.541. The van der Waals surface area contributed by atoms with Crippen molar-refractivity contribution >= 4 is 29.3 Å². The zero-order valence-electron chi connectivity index (χ0n) is 17.0. The van der Waals surface area contributed by atoms with Crippen LogP contribution in [0.3, 0.4) is 0 Å². The van der Waals surface area contributed by atoms with Crippen LogP contribution in [0.2, 0.25) is 0 Å². The van der Waals surface area contributed by atoms with Crippen LogP contribution in [0.5, 0.6) is 11.5 Å². The van der Waals surface area contributed by atoms with Gasteiger partial charge in [-0.1, -0.05) is 6.07 Å². The summed E-state index contributed by atoms with van der Waals surface area (Å²) in [6.07, 6.45) is 3.07. The van der Waals surface area contributed by atoms with Gasteiger partial charge in [0.1, 0.15) is 5.82 Å². The maximum Gasteiger partial charge on any atom is 0.255 e. The molecule has 0 unspecified atom stereocenters. The molecule has 3 aromatic rings. The van der Waals surface area contributed by atoms with Gasteiger partial charge in [0.25, 0.3) is 5.91 Å². The second-order valence-electron chi connectivity index (χ2n) is 6.48. The number of ether oxygens (including phenoxy) is 2. The summed E-state index contributed by atoms with van der Waals surface area (Å²) in [7, 11) is 3.10. The number of hydrogen-bond acceptors (Lipinski definition) is 4. The first kappa shape index (κ1) is 21.6. The molecule has 0 aliphatic rings. The van der Waals surface area contributed by atoms with Crippen LogP contribution in [0.25, 0.3) is 6.08 Å². The van der Waals surface area contributed by atoms with Gasteiger partial charge in [0, 0.05) is 23.0 Å². The Kier molecular flexibility index (Phi) is 7.01. The molecule has 0 saturated heterocycles. The summed E-state index contributed by atoms with van der Waals surface area (Å²) >= 11 is 0. The number of rotatable bonds is 7. The maximum atomic E-state index is 13.0. The molecule has 0 radical (unpaired) electrons. The van der Waals surface area contributed by atoms with Crippen LogP contribution in [0.15, 0.2) is 72.8 Å². The van der Waals surface area contributed by atoms with Crippen molar-refractivity contribution < 1.29 is 23.5 Å². The van der Waals surface area contributed by atoms with Gasteiger partial charge < -0.3 is 20.1 Å². The Morgan fingerprint density at radius 1 is 0.806 bits per heavy atom. The van der Waals surface area contributed by atoms with Gasteiger partial charge in [-0.25, -0.2) is 4.39 Å². The average molecular weight is 420 g/mol. The fourth-order valence-electron chi connectivity index (χ4n) is 2.75. The monoisotopic (exact) mass is 420 g/mol. The Morgan fingerprint density at radius 3 is 2.03 bits per heavy atom. The van der Waals surface area contributed by atoms with Crippen molar-refractivity contribution in [3.05, 3.63) is 89.8 Å². The molecule has 3 rings (SSSR count). The second kappa shape index (κ2) is 10.1. The highest BCUT2D eigenvalue weighted by Crippen LogP contribution is 2.28. The van der Waals surface area contributed by atoms with Crippen molar-refractivity contribution in [2.24, 2.45) is 0 Å². The topological polar surface area (TPSA) is 76.7 Å². The third-order valence-corrected chi connectivity index (χ3v) is 4.35. The van der Waals surface area contributed by atoms with Gasteiger partial charge in [-0.05, 0) is 72.3 Å². The molecule has 0 saturated carbocycles. The molecular weight excluding hydrogens is 399 g/mol. The van der Waals surface area contributed by atoms with Gasteiger partial charge in [-0.15, -0.1) is 0 Å². The van der Waals surface area contributed by atoms with Gasteiger partial charge in [0.05, 0.1) is 14.2 Å². The highest BCUT2D eigenvalue weighted by Gasteiger charge is 2.07. The number of methoxy groups -OCH3 is 2. The molecule has 0 fully saturated rings. The van der Waals surface area contributed by atoms with Crippen LogP contribution in [-0.4, -0.2) is 26.0 Å². The lowest BCUT2D eigenvalue weighted by atomic mass is 10.2. The fourth-order valence-corrected chi connectivity index (χ4v) is 2.75. The van der Waals surface area contributed by atoms with Crippen LogP contribution < -0.4 is 20.1 Å². The van der Waals surface area contributed by atoms with Crippen LogP contribution in [0.1, 0.15) is 15.9 Å². The SMILES string of the molecule is COc1ccc(/C=C/C(=O)Nc2ccc(NC(=O)c3ccc(F)cc3)cc2)cc1OC. The number of nitrogens with one attached hydrogen (secondary N) is 2. The van der Waals surface area contributed by atoms with E-state index >= 15 is 0 Å². The number of benzene rings is 3. The van der Waals surface area contributed by atoms with E-state index in [4.69, 9.17) is 9.47 Å². The first-order chi connectivity index (χ1) is 15.0. The lowest BCUT2D eigenvalue weighted by Gasteiger charge is -2.08. The molecule has 31 heavy (non-hydrogen) atoms. The minimum Gasteiger partial charge on any atom is -0.493 e. The molecule has 2 amide bonds. The Morgan fingerprint density at radius 2 is 1.42 bits per heavy atom. The van der Waals surface area contributed by atoms with Gasteiger partial charge in [0.15, 0.2) is 11.5 Å². The van der Waals surface area contributed by atoms with Crippen molar-refractivity contribution in [2.75, 3.05) is 24.9 Å². The smallest absolute Gasteiger partial charge is 0.255 e. The van der Waals surface area contributed by atoms with Crippen LogP contribution in [-0.2, 0) is 4.79 Å². The van der Waals surface area contributed by atoms with Gasteiger partial charge in [-0.3, -0.25) is 9.59 Å². The standard InChI is InChI=1S/C24H21FN2O4/c1-30-21-13-3-16(15-22(21)31-2)4-14-23(28)26-19-9-11-20(12-10-19)27-24(29)17-5-7-18(25)8-6-17/h3-15H,1-2H3,(H,26,28)(H,27,29)/b14-4+. The number of hydrogen-bond donors (Lipinski definition) is 2. The Bertz CT molecular complexity index is 1090. The van der Waals surface area contributed by atoms with E-state index in [1.165, 1.54) is 30.3 Å². The van der Waals surface area contributed by atoms with Gasteiger partial charge in [-0.2, -0.15) is 0 Å². The molecule has 0 aliphatic carbocycles. The molecule has 0 aliphatic heterocycles. The minimum absolute atomic E-state index is 0.308. The summed E-state index contributed by atoms with van der Waals surface area (Å²) in [5, 5.41) is 5.46. The summed E-state index contributed by atoms with van der Waals surface area (Å²) in [4.78, 5) is 24.3. The van der Waals surface area contributed by atoms with Crippen LogP contribution in [0, 0.1) is 5.82 Å². The third-order valence-electron chi connectivity index (χ3n) is 4.35. The first-order valence-corrected chi connectivity index (χ1v) is 9.36. The highest BCUT2D eigenvalue weighted by molar-refractivity contribution is 6.05. The maximum absolute atomic E-state index is 13.0. The van der Waals surface area contributed by atoms with E-state index in [9.17, 15) is 14.0 Å². The number of carbonyl (C=O) groups is 2. The van der Waals surface area contributed by atoms with E-state index in [1.807, 2.05) is 6.07 Å². The lowest BCUT2D eigenvalue weighted by Crippen LogP contribution is -2.12. The first-order valence-electron chi connectivity index (χ1n) is 9.36. The molecule has 2 N–H and O–H groups in total. The zero-order chi connectivity index (χ0) is 22.2. The van der Waals surface area contributed by atoms with Crippen molar-refractivity contribution in [1.82, 2.24) is 0 Å². The molecule has 7 heteroatoms. The molecule has 6 nitrogen and oxygen atoms in total. The van der Waals surface area contributed by atoms with E-state index in [0.29, 0.717) is 28.4 Å². The Balaban J connectivity index is 1.58. The normalized spacial score (nSPS) is 10.5. The summed E-state index contributed by atoms with van der Waals surface area (Å²) in [6.45, 7) is 0. The molecule has 0 spiro atoms. The number of carbonyl (C=O) groups excluding carboxylic acids is 2. The summed E-state index contributed by atoms with van der Waals surface area (Å²) in [5.41, 5.74) is 2.25. The number of amides is 2. The molecule has 0 aromatic heterocycles. The van der Waals surface area contributed by atoms with E-state index in [-0.39, 0.29) is 11.8 Å². The summed E-state index contributed by atoms with van der Waals surface area (Å²) < 4.78 is 23.4. The van der Waals surface area contributed by atoms with Crippen molar-refractivity contribution in [1.29, 1.82) is 0 Å².